The van der Waals surface area contributed by atoms with Gasteiger partial charge in [-0.1, -0.05) is 26.0 Å². The standard InChI is InChI=1S/C21H33NO6/c1-7-14(4)19(23)28-17-9-11-22-10-8-16(18(17)22)12-27-20(24)21(25,13(2)3)15(5)26-6/h7-8,13,15,17-18,25H,9-12H2,1-6H3. The number of esters is 2. The third kappa shape index (κ3) is 4.31. The molecule has 2 heterocycles. The van der Waals surface area contributed by atoms with Crippen molar-refractivity contribution >= 4 is 11.9 Å². The van der Waals surface area contributed by atoms with Crippen molar-refractivity contribution in [3.8, 4) is 0 Å². The maximum atomic E-state index is 12.7. The summed E-state index contributed by atoms with van der Waals surface area (Å²) in [5, 5.41) is 10.8. The van der Waals surface area contributed by atoms with E-state index in [-0.39, 0.29) is 30.6 Å². The van der Waals surface area contributed by atoms with Crippen LogP contribution in [0.25, 0.3) is 0 Å². The number of aliphatic hydroxyl groups is 1. The van der Waals surface area contributed by atoms with Gasteiger partial charge < -0.3 is 19.3 Å². The first kappa shape index (κ1) is 22.6. The van der Waals surface area contributed by atoms with Crippen molar-refractivity contribution in [1.82, 2.24) is 4.90 Å². The molecule has 0 aliphatic carbocycles. The molecule has 2 aliphatic rings. The lowest BCUT2D eigenvalue weighted by Crippen LogP contribution is -2.54. The zero-order valence-electron chi connectivity index (χ0n) is 17.7. The van der Waals surface area contributed by atoms with Gasteiger partial charge in [-0.05, 0) is 38.7 Å². The van der Waals surface area contributed by atoms with Gasteiger partial charge in [0.15, 0.2) is 5.60 Å². The van der Waals surface area contributed by atoms with E-state index < -0.39 is 17.7 Å². The predicted octanol–water partition coefficient (Wildman–Crippen LogP) is 1.84. The Morgan fingerprint density at radius 3 is 2.64 bits per heavy atom. The molecule has 7 heteroatoms. The molecule has 28 heavy (non-hydrogen) atoms. The topological polar surface area (TPSA) is 85.3 Å². The van der Waals surface area contributed by atoms with E-state index in [1.807, 2.05) is 6.08 Å². The fourth-order valence-corrected chi connectivity index (χ4v) is 3.79. The lowest BCUT2D eigenvalue weighted by Gasteiger charge is -2.34. The van der Waals surface area contributed by atoms with Gasteiger partial charge in [-0.3, -0.25) is 4.90 Å². The Morgan fingerprint density at radius 1 is 1.39 bits per heavy atom. The highest BCUT2D eigenvalue weighted by Gasteiger charge is 2.48. The molecule has 0 bridgehead atoms. The number of rotatable bonds is 8. The fraction of sp³-hybridized carbons (Fsp3) is 0.714. The van der Waals surface area contributed by atoms with Gasteiger partial charge >= 0.3 is 11.9 Å². The second kappa shape index (κ2) is 9.20. The summed E-state index contributed by atoms with van der Waals surface area (Å²) in [7, 11) is 1.45. The second-order valence-electron chi connectivity index (χ2n) is 7.86. The lowest BCUT2D eigenvalue weighted by atomic mass is 9.85. The molecular formula is C21H33NO6. The number of nitrogens with zero attached hydrogens (tertiary/aromatic N) is 1. The van der Waals surface area contributed by atoms with Gasteiger partial charge in [0.25, 0.3) is 0 Å². The number of carbonyl (C=O) groups excluding carboxylic acids is 2. The molecule has 0 amide bonds. The molecule has 1 saturated heterocycles. The average Bonchev–Trinajstić information content (AvgIpc) is 3.26. The van der Waals surface area contributed by atoms with Crippen LogP contribution in [0.5, 0.6) is 0 Å². The Kier molecular flexibility index (Phi) is 7.42. The Hall–Kier alpha value is -1.70. The molecule has 0 aromatic heterocycles. The molecule has 2 aliphatic heterocycles. The van der Waals surface area contributed by atoms with Gasteiger partial charge in [0.1, 0.15) is 12.7 Å². The predicted molar refractivity (Wildman–Crippen MR) is 105 cm³/mol. The molecular weight excluding hydrogens is 362 g/mol. The molecule has 4 unspecified atom stereocenters. The van der Waals surface area contributed by atoms with Crippen molar-refractivity contribution in [2.45, 2.75) is 64.9 Å². The summed E-state index contributed by atoms with van der Waals surface area (Å²) < 4.78 is 16.4. The van der Waals surface area contributed by atoms with Crippen LogP contribution in [0.15, 0.2) is 23.3 Å². The first-order valence-electron chi connectivity index (χ1n) is 9.86. The summed E-state index contributed by atoms with van der Waals surface area (Å²) in [5.74, 6) is -1.39. The molecule has 0 spiro atoms. The van der Waals surface area contributed by atoms with E-state index >= 15 is 0 Å². The van der Waals surface area contributed by atoms with E-state index in [1.54, 1.807) is 40.7 Å². The van der Waals surface area contributed by atoms with Crippen LogP contribution in [0.4, 0.5) is 0 Å². The van der Waals surface area contributed by atoms with Crippen molar-refractivity contribution in [2.24, 2.45) is 5.92 Å². The summed E-state index contributed by atoms with van der Waals surface area (Å²) in [5.41, 5.74) is -0.250. The smallest absolute Gasteiger partial charge is 0.341 e. The van der Waals surface area contributed by atoms with Gasteiger partial charge in [0, 0.05) is 25.8 Å². The highest BCUT2D eigenvalue weighted by molar-refractivity contribution is 5.87. The van der Waals surface area contributed by atoms with Crippen LogP contribution in [0.2, 0.25) is 0 Å². The highest BCUT2D eigenvalue weighted by Crippen LogP contribution is 2.32. The van der Waals surface area contributed by atoms with Crippen LogP contribution in [-0.4, -0.2) is 72.6 Å². The fourth-order valence-electron chi connectivity index (χ4n) is 3.79. The molecule has 4 atom stereocenters. The summed E-state index contributed by atoms with van der Waals surface area (Å²) in [6, 6.07) is -0.0894. The van der Waals surface area contributed by atoms with E-state index in [9.17, 15) is 14.7 Å². The summed E-state index contributed by atoms with van der Waals surface area (Å²) in [6.07, 6.45) is 3.52. The number of fused-ring (bicyclic) bond motifs is 1. The summed E-state index contributed by atoms with van der Waals surface area (Å²) in [6.45, 7) is 10.3. The third-order valence-corrected chi connectivity index (χ3v) is 5.98. The minimum absolute atomic E-state index is 0.0577. The van der Waals surface area contributed by atoms with Gasteiger partial charge in [0.05, 0.1) is 12.1 Å². The number of hydrogen-bond donors (Lipinski definition) is 1. The molecule has 7 nitrogen and oxygen atoms in total. The molecule has 158 valence electrons. The molecule has 1 fully saturated rings. The van der Waals surface area contributed by atoms with Gasteiger partial charge in [-0.2, -0.15) is 0 Å². The third-order valence-electron chi connectivity index (χ3n) is 5.98. The first-order valence-corrected chi connectivity index (χ1v) is 9.86. The monoisotopic (exact) mass is 395 g/mol. The molecule has 1 N–H and O–H groups in total. The molecule has 2 rings (SSSR count). The van der Waals surface area contributed by atoms with Crippen LogP contribution < -0.4 is 0 Å². The van der Waals surface area contributed by atoms with Crippen molar-refractivity contribution in [3.05, 3.63) is 23.3 Å². The van der Waals surface area contributed by atoms with Crippen molar-refractivity contribution in [2.75, 3.05) is 26.8 Å². The number of hydrogen-bond acceptors (Lipinski definition) is 7. The van der Waals surface area contributed by atoms with Crippen LogP contribution in [0.3, 0.4) is 0 Å². The van der Waals surface area contributed by atoms with Gasteiger partial charge in [0.2, 0.25) is 0 Å². The number of ether oxygens (including phenoxy) is 3. The van der Waals surface area contributed by atoms with E-state index in [0.717, 1.165) is 25.1 Å². The summed E-state index contributed by atoms with van der Waals surface area (Å²) in [4.78, 5) is 27.0. The minimum Gasteiger partial charge on any atom is -0.459 e. The largest absolute Gasteiger partial charge is 0.459 e. The van der Waals surface area contributed by atoms with Crippen LogP contribution >= 0.6 is 0 Å². The van der Waals surface area contributed by atoms with E-state index in [4.69, 9.17) is 14.2 Å². The molecule has 0 aromatic rings. The quantitative estimate of drug-likeness (QED) is 0.381. The van der Waals surface area contributed by atoms with Crippen LogP contribution in [0.1, 0.15) is 41.0 Å². The van der Waals surface area contributed by atoms with Gasteiger partial charge in [-0.15, -0.1) is 0 Å². The molecule has 0 saturated carbocycles. The van der Waals surface area contributed by atoms with Crippen LogP contribution in [-0.2, 0) is 23.8 Å². The second-order valence-corrected chi connectivity index (χ2v) is 7.86. The van der Waals surface area contributed by atoms with E-state index in [1.165, 1.54) is 7.11 Å². The summed E-state index contributed by atoms with van der Waals surface area (Å²) >= 11 is 0. The van der Waals surface area contributed by atoms with Crippen LogP contribution in [0, 0.1) is 5.92 Å². The number of carbonyl (C=O) groups is 2. The highest BCUT2D eigenvalue weighted by atomic mass is 16.6. The Balaban J connectivity index is 2.04. The first-order chi connectivity index (χ1) is 13.2. The average molecular weight is 395 g/mol. The SMILES string of the molecule is CC=C(C)C(=O)OC1CCN2CC=C(COC(=O)C(O)(C(C)C)C(C)OC)C12. The maximum absolute atomic E-state index is 12.7. The number of methoxy groups -OCH3 is 1. The Morgan fingerprint density at radius 2 is 2.07 bits per heavy atom. The Bertz CT molecular complexity index is 655. The van der Waals surface area contributed by atoms with Crippen molar-refractivity contribution in [3.63, 3.8) is 0 Å². The Labute approximate surface area is 167 Å². The zero-order chi connectivity index (χ0) is 21.1. The molecule has 0 aromatic carbocycles. The normalized spacial score (nSPS) is 25.9. The zero-order valence-corrected chi connectivity index (χ0v) is 17.7. The van der Waals surface area contributed by atoms with E-state index in [2.05, 4.69) is 4.90 Å². The van der Waals surface area contributed by atoms with Crippen molar-refractivity contribution in [1.29, 1.82) is 0 Å². The minimum atomic E-state index is -1.72. The van der Waals surface area contributed by atoms with Gasteiger partial charge in [-0.25, -0.2) is 9.59 Å². The maximum Gasteiger partial charge on any atom is 0.341 e. The molecule has 0 radical (unpaired) electrons. The van der Waals surface area contributed by atoms with Crippen molar-refractivity contribution < 1.29 is 28.9 Å². The van der Waals surface area contributed by atoms with E-state index in [0.29, 0.717) is 5.57 Å². The lowest BCUT2D eigenvalue weighted by molar-refractivity contribution is -0.186. The number of allylic oxidation sites excluding steroid dienone is 1.